The van der Waals surface area contributed by atoms with Gasteiger partial charge in [0.05, 0.1) is 21.8 Å². The number of carbonyl (C=O) groups is 1. The molecule has 6 heteroatoms. The van der Waals surface area contributed by atoms with Gasteiger partial charge in [0.2, 0.25) is 5.91 Å². The standard InChI is InChI=1S/C12H19BrN4O/c1-8-11(13)10(16(2)15-8)7-17-5-3-4-9(6-17)12(14)18/h9H,3-7H2,1-2H3,(H2,14,18). The van der Waals surface area contributed by atoms with Crippen LogP contribution in [0.1, 0.15) is 24.2 Å². The van der Waals surface area contributed by atoms with Gasteiger partial charge in [-0.25, -0.2) is 0 Å². The zero-order valence-corrected chi connectivity index (χ0v) is 12.4. The van der Waals surface area contributed by atoms with Crippen LogP contribution in [0.25, 0.3) is 0 Å². The minimum Gasteiger partial charge on any atom is -0.369 e. The van der Waals surface area contributed by atoms with E-state index in [1.165, 1.54) is 0 Å². The molecule has 1 fully saturated rings. The summed E-state index contributed by atoms with van der Waals surface area (Å²) in [5, 5.41) is 4.38. The molecule has 1 aromatic heterocycles. The smallest absolute Gasteiger partial charge is 0.221 e. The van der Waals surface area contributed by atoms with Crippen LogP contribution >= 0.6 is 15.9 Å². The number of carbonyl (C=O) groups excluding carboxylic acids is 1. The fourth-order valence-electron chi connectivity index (χ4n) is 2.50. The van der Waals surface area contributed by atoms with Crippen molar-refractivity contribution in [2.24, 2.45) is 18.7 Å². The molecule has 0 aromatic carbocycles. The molecule has 1 amide bonds. The predicted octanol–water partition coefficient (Wildman–Crippen LogP) is 1.19. The normalized spacial score (nSPS) is 21.2. The molecule has 0 spiro atoms. The molecule has 2 N–H and O–H groups in total. The first-order valence-corrected chi connectivity index (χ1v) is 6.98. The Bertz CT molecular complexity index is 457. The van der Waals surface area contributed by atoms with Crippen molar-refractivity contribution in [3.63, 3.8) is 0 Å². The topological polar surface area (TPSA) is 64.2 Å². The number of rotatable bonds is 3. The molecule has 1 aromatic rings. The lowest BCUT2D eigenvalue weighted by molar-refractivity contribution is -0.123. The van der Waals surface area contributed by atoms with Crippen molar-refractivity contribution in [2.45, 2.75) is 26.3 Å². The van der Waals surface area contributed by atoms with Crippen LogP contribution in [0, 0.1) is 12.8 Å². The minimum absolute atomic E-state index is 0.00755. The Balaban J connectivity index is 2.07. The Morgan fingerprint density at radius 1 is 1.61 bits per heavy atom. The van der Waals surface area contributed by atoms with Gasteiger partial charge in [0.1, 0.15) is 0 Å². The average molecular weight is 315 g/mol. The van der Waals surface area contributed by atoms with E-state index in [1.807, 2.05) is 18.7 Å². The number of nitrogens with two attached hydrogens (primary N) is 1. The molecule has 1 aliphatic heterocycles. The maximum atomic E-state index is 11.3. The van der Waals surface area contributed by atoms with Gasteiger partial charge in [-0.05, 0) is 42.2 Å². The third kappa shape index (κ3) is 2.75. The fourth-order valence-corrected chi connectivity index (χ4v) is 2.96. The number of amides is 1. The van der Waals surface area contributed by atoms with Crippen LogP contribution in [0.3, 0.4) is 0 Å². The highest BCUT2D eigenvalue weighted by atomic mass is 79.9. The van der Waals surface area contributed by atoms with Crippen molar-refractivity contribution in [1.82, 2.24) is 14.7 Å². The maximum Gasteiger partial charge on any atom is 0.221 e. The second-order valence-corrected chi connectivity index (χ2v) is 5.74. The van der Waals surface area contributed by atoms with Crippen molar-refractivity contribution in [1.29, 1.82) is 0 Å². The monoisotopic (exact) mass is 314 g/mol. The molecule has 0 bridgehead atoms. The lowest BCUT2D eigenvalue weighted by Gasteiger charge is -2.31. The fraction of sp³-hybridized carbons (Fsp3) is 0.667. The number of hydrogen-bond acceptors (Lipinski definition) is 3. The van der Waals surface area contributed by atoms with Gasteiger partial charge in [0.15, 0.2) is 0 Å². The zero-order chi connectivity index (χ0) is 13.3. The summed E-state index contributed by atoms with van der Waals surface area (Å²) in [5.41, 5.74) is 7.54. The van der Waals surface area contributed by atoms with Gasteiger partial charge in [0.25, 0.3) is 0 Å². The van der Waals surface area contributed by atoms with Crippen LogP contribution in [0.2, 0.25) is 0 Å². The van der Waals surface area contributed by atoms with Crippen molar-refractivity contribution >= 4 is 21.8 Å². The maximum absolute atomic E-state index is 11.3. The van der Waals surface area contributed by atoms with Crippen LogP contribution in [0.4, 0.5) is 0 Å². The third-order valence-corrected chi connectivity index (χ3v) is 4.57. The Morgan fingerprint density at radius 3 is 2.89 bits per heavy atom. The van der Waals surface area contributed by atoms with Crippen molar-refractivity contribution in [3.05, 3.63) is 15.9 Å². The molecule has 1 unspecified atom stereocenters. The largest absolute Gasteiger partial charge is 0.369 e. The molecule has 1 atom stereocenters. The number of likely N-dealkylation sites (tertiary alicyclic amines) is 1. The lowest BCUT2D eigenvalue weighted by atomic mass is 9.97. The number of hydrogen-bond donors (Lipinski definition) is 1. The van der Waals surface area contributed by atoms with Crippen LogP contribution in [-0.2, 0) is 18.4 Å². The molecule has 0 aliphatic carbocycles. The van der Waals surface area contributed by atoms with E-state index in [-0.39, 0.29) is 11.8 Å². The Hall–Kier alpha value is -0.880. The molecule has 1 saturated heterocycles. The van der Waals surface area contributed by atoms with Crippen molar-refractivity contribution < 1.29 is 4.79 Å². The van der Waals surface area contributed by atoms with Crippen LogP contribution in [0.5, 0.6) is 0 Å². The van der Waals surface area contributed by atoms with Gasteiger partial charge in [-0.2, -0.15) is 5.10 Å². The first-order chi connectivity index (χ1) is 8.49. The van der Waals surface area contributed by atoms with E-state index in [2.05, 4.69) is 25.9 Å². The highest BCUT2D eigenvalue weighted by Crippen LogP contribution is 2.24. The predicted molar refractivity (Wildman–Crippen MR) is 72.8 cm³/mol. The van der Waals surface area contributed by atoms with Gasteiger partial charge in [-0.3, -0.25) is 14.4 Å². The summed E-state index contributed by atoms with van der Waals surface area (Å²) in [5.74, 6) is -0.188. The van der Waals surface area contributed by atoms with E-state index in [0.29, 0.717) is 0 Å². The summed E-state index contributed by atoms with van der Waals surface area (Å²) < 4.78 is 2.96. The van der Waals surface area contributed by atoms with Crippen LogP contribution < -0.4 is 5.73 Å². The van der Waals surface area contributed by atoms with E-state index < -0.39 is 0 Å². The molecule has 18 heavy (non-hydrogen) atoms. The summed E-state index contributed by atoms with van der Waals surface area (Å²) in [6.45, 7) is 4.56. The van der Waals surface area contributed by atoms with Crippen LogP contribution in [0.15, 0.2) is 4.47 Å². The molecular formula is C12H19BrN4O. The molecule has 1 aliphatic rings. The van der Waals surface area contributed by atoms with Gasteiger partial charge < -0.3 is 5.73 Å². The van der Waals surface area contributed by atoms with Crippen molar-refractivity contribution in [2.75, 3.05) is 13.1 Å². The number of aryl methyl sites for hydroxylation is 2. The van der Waals surface area contributed by atoms with Gasteiger partial charge in [0, 0.05) is 20.1 Å². The molecular weight excluding hydrogens is 296 g/mol. The molecule has 2 rings (SSSR count). The summed E-state index contributed by atoms with van der Waals surface area (Å²) in [4.78, 5) is 13.5. The molecule has 0 saturated carbocycles. The van der Waals surface area contributed by atoms with E-state index in [4.69, 9.17) is 5.73 Å². The Morgan fingerprint density at radius 2 is 2.33 bits per heavy atom. The number of nitrogens with zero attached hydrogens (tertiary/aromatic N) is 3. The highest BCUT2D eigenvalue weighted by Gasteiger charge is 2.25. The van der Waals surface area contributed by atoms with Gasteiger partial charge in [-0.1, -0.05) is 0 Å². The van der Waals surface area contributed by atoms with Crippen molar-refractivity contribution in [3.8, 4) is 0 Å². The summed E-state index contributed by atoms with van der Waals surface area (Å²) in [6.07, 6.45) is 1.94. The second-order valence-electron chi connectivity index (χ2n) is 4.95. The molecule has 5 nitrogen and oxygen atoms in total. The average Bonchev–Trinajstić information content (AvgIpc) is 2.56. The molecule has 2 heterocycles. The van der Waals surface area contributed by atoms with Gasteiger partial charge >= 0.3 is 0 Å². The summed E-state index contributed by atoms with van der Waals surface area (Å²) in [6, 6.07) is 0. The zero-order valence-electron chi connectivity index (χ0n) is 10.8. The molecule has 100 valence electrons. The highest BCUT2D eigenvalue weighted by molar-refractivity contribution is 9.10. The third-order valence-electron chi connectivity index (χ3n) is 3.54. The van der Waals surface area contributed by atoms with E-state index in [0.717, 1.165) is 48.3 Å². The number of aromatic nitrogens is 2. The summed E-state index contributed by atoms with van der Waals surface area (Å²) in [7, 11) is 1.95. The number of piperidine rings is 1. The molecule has 0 radical (unpaired) electrons. The lowest BCUT2D eigenvalue weighted by Crippen LogP contribution is -2.41. The summed E-state index contributed by atoms with van der Waals surface area (Å²) >= 11 is 3.57. The minimum atomic E-state index is -0.181. The SMILES string of the molecule is Cc1nn(C)c(CN2CCCC(C(N)=O)C2)c1Br. The first-order valence-electron chi connectivity index (χ1n) is 6.18. The van der Waals surface area contributed by atoms with Gasteiger partial charge in [-0.15, -0.1) is 0 Å². The Labute approximate surface area is 115 Å². The second kappa shape index (κ2) is 5.40. The van der Waals surface area contributed by atoms with Crippen LogP contribution in [-0.4, -0.2) is 33.7 Å². The number of halogens is 1. The van der Waals surface area contributed by atoms with E-state index in [1.54, 1.807) is 0 Å². The van der Waals surface area contributed by atoms with E-state index >= 15 is 0 Å². The quantitative estimate of drug-likeness (QED) is 0.911. The van der Waals surface area contributed by atoms with E-state index in [9.17, 15) is 4.79 Å². The Kier molecular flexibility index (Phi) is 4.07. The number of primary amides is 1. The first kappa shape index (κ1) is 13.5.